The zero-order valence-corrected chi connectivity index (χ0v) is 10.4. The van der Waals surface area contributed by atoms with E-state index < -0.39 is 0 Å². The Morgan fingerprint density at radius 1 is 1.12 bits per heavy atom. The van der Waals surface area contributed by atoms with Crippen LogP contribution in [0.25, 0.3) is 0 Å². The van der Waals surface area contributed by atoms with Gasteiger partial charge in [-0.3, -0.25) is 4.98 Å². The van der Waals surface area contributed by atoms with E-state index in [1.807, 2.05) is 30.6 Å². The predicted octanol–water partition coefficient (Wildman–Crippen LogP) is 3.52. The van der Waals surface area contributed by atoms with Gasteiger partial charge >= 0.3 is 0 Å². The Labute approximate surface area is 102 Å². The molecule has 17 heavy (non-hydrogen) atoms. The van der Waals surface area contributed by atoms with Crippen molar-refractivity contribution in [1.29, 1.82) is 0 Å². The molecule has 0 spiro atoms. The van der Waals surface area contributed by atoms with Gasteiger partial charge in [-0.1, -0.05) is 26.8 Å². The van der Waals surface area contributed by atoms with Crippen LogP contribution in [0.4, 0.5) is 11.5 Å². The summed E-state index contributed by atoms with van der Waals surface area (Å²) in [6, 6.07) is 7.90. The number of rotatable bonds is 2. The molecule has 0 radical (unpaired) electrons. The predicted molar refractivity (Wildman–Crippen MR) is 70.5 cm³/mol. The number of nitrogens with zero attached hydrogens (tertiary/aromatic N) is 2. The van der Waals surface area contributed by atoms with Crippen LogP contribution in [0.15, 0.2) is 42.9 Å². The van der Waals surface area contributed by atoms with Crippen LogP contribution in [0.5, 0.6) is 0 Å². The van der Waals surface area contributed by atoms with E-state index in [4.69, 9.17) is 0 Å². The minimum absolute atomic E-state index is 0.106. The number of hydrogen-bond donors (Lipinski definition) is 1. The Morgan fingerprint density at radius 2 is 1.94 bits per heavy atom. The van der Waals surface area contributed by atoms with Crippen molar-refractivity contribution < 1.29 is 0 Å². The van der Waals surface area contributed by atoms with E-state index in [0.717, 1.165) is 11.5 Å². The summed E-state index contributed by atoms with van der Waals surface area (Å²) in [6.45, 7) is 6.53. The lowest BCUT2D eigenvalue weighted by atomic mass is 9.88. The van der Waals surface area contributed by atoms with Gasteiger partial charge in [-0.2, -0.15) is 0 Å². The lowest BCUT2D eigenvalue weighted by Crippen LogP contribution is -2.11. The summed E-state index contributed by atoms with van der Waals surface area (Å²) < 4.78 is 0. The van der Waals surface area contributed by atoms with Gasteiger partial charge in [0.15, 0.2) is 0 Å². The fourth-order valence-corrected chi connectivity index (χ4v) is 1.50. The molecule has 0 atom stereocenters. The fourth-order valence-electron chi connectivity index (χ4n) is 1.50. The smallest absolute Gasteiger partial charge is 0.130 e. The van der Waals surface area contributed by atoms with Gasteiger partial charge in [-0.05, 0) is 29.2 Å². The summed E-state index contributed by atoms with van der Waals surface area (Å²) in [5.74, 6) is 0.834. The van der Waals surface area contributed by atoms with E-state index in [0.29, 0.717) is 0 Å². The molecule has 2 aromatic heterocycles. The third kappa shape index (κ3) is 3.03. The molecule has 0 bridgehead atoms. The summed E-state index contributed by atoms with van der Waals surface area (Å²) >= 11 is 0. The van der Waals surface area contributed by atoms with Crippen molar-refractivity contribution in [2.24, 2.45) is 0 Å². The quantitative estimate of drug-likeness (QED) is 0.853. The first-order chi connectivity index (χ1) is 8.05. The lowest BCUT2D eigenvalue weighted by Gasteiger charge is -2.19. The van der Waals surface area contributed by atoms with Crippen LogP contribution in [0.2, 0.25) is 0 Å². The highest BCUT2D eigenvalue weighted by molar-refractivity contribution is 5.55. The number of pyridine rings is 2. The van der Waals surface area contributed by atoms with Gasteiger partial charge in [0.2, 0.25) is 0 Å². The maximum absolute atomic E-state index is 4.26. The summed E-state index contributed by atoms with van der Waals surface area (Å²) in [5.41, 5.74) is 2.28. The van der Waals surface area contributed by atoms with Crippen molar-refractivity contribution in [2.75, 3.05) is 5.32 Å². The van der Waals surface area contributed by atoms with Gasteiger partial charge in [0, 0.05) is 12.4 Å². The van der Waals surface area contributed by atoms with Crippen molar-refractivity contribution in [3.05, 3.63) is 48.4 Å². The van der Waals surface area contributed by atoms with Crippen molar-refractivity contribution in [2.45, 2.75) is 26.2 Å². The van der Waals surface area contributed by atoms with Crippen LogP contribution in [0.3, 0.4) is 0 Å². The third-order valence-corrected chi connectivity index (χ3v) is 2.54. The first kappa shape index (κ1) is 11.6. The highest BCUT2D eigenvalue weighted by Crippen LogP contribution is 2.24. The van der Waals surface area contributed by atoms with Crippen molar-refractivity contribution in [3.8, 4) is 0 Å². The minimum atomic E-state index is 0.106. The summed E-state index contributed by atoms with van der Waals surface area (Å²) in [4.78, 5) is 8.48. The molecule has 0 aliphatic carbocycles. The average Bonchev–Trinajstić information content (AvgIpc) is 2.29. The van der Waals surface area contributed by atoms with Crippen LogP contribution >= 0.6 is 0 Å². The molecule has 0 saturated carbocycles. The van der Waals surface area contributed by atoms with Crippen LogP contribution in [0, 0.1) is 0 Å². The number of aromatic nitrogens is 2. The zero-order valence-electron chi connectivity index (χ0n) is 10.4. The Hall–Kier alpha value is -1.90. The normalized spacial score (nSPS) is 11.2. The van der Waals surface area contributed by atoms with Gasteiger partial charge in [-0.25, -0.2) is 4.98 Å². The first-order valence-corrected chi connectivity index (χ1v) is 5.69. The van der Waals surface area contributed by atoms with E-state index in [2.05, 4.69) is 42.1 Å². The van der Waals surface area contributed by atoms with Gasteiger partial charge in [0.25, 0.3) is 0 Å². The molecule has 2 rings (SSSR count). The van der Waals surface area contributed by atoms with E-state index in [1.54, 1.807) is 6.20 Å². The minimum Gasteiger partial charge on any atom is -0.339 e. The second kappa shape index (κ2) is 4.53. The molecule has 3 heteroatoms. The standard InChI is InChI=1S/C14H17N3/c1-14(2,3)11-8-12(10-15-9-11)17-13-6-4-5-7-16-13/h4-10H,1-3H3,(H,16,17). The summed E-state index contributed by atoms with van der Waals surface area (Å²) in [6.07, 6.45) is 5.48. The number of hydrogen-bond acceptors (Lipinski definition) is 3. The Morgan fingerprint density at radius 3 is 2.59 bits per heavy atom. The highest BCUT2D eigenvalue weighted by atomic mass is 15.0. The summed E-state index contributed by atoms with van der Waals surface area (Å²) in [7, 11) is 0. The van der Waals surface area contributed by atoms with E-state index in [1.165, 1.54) is 5.56 Å². The summed E-state index contributed by atoms with van der Waals surface area (Å²) in [5, 5.41) is 3.24. The molecule has 0 aromatic carbocycles. The van der Waals surface area contributed by atoms with Gasteiger partial charge in [-0.15, -0.1) is 0 Å². The molecule has 0 unspecified atom stereocenters. The molecule has 0 amide bonds. The van der Waals surface area contributed by atoms with Crippen molar-refractivity contribution >= 4 is 11.5 Å². The molecule has 0 saturated heterocycles. The van der Waals surface area contributed by atoms with Gasteiger partial charge < -0.3 is 5.32 Å². The average molecular weight is 227 g/mol. The molecule has 3 nitrogen and oxygen atoms in total. The molecular formula is C14H17N3. The zero-order chi connectivity index (χ0) is 12.3. The molecule has 2 heterocycles. The monoisotopic (exact) mass is 227 g/mol. The van der Waals surface area contributed by atoms with Crippen LogP contribution in [-0.2, 0) is 5.41 Å². The van der Waals surface area contributed by atoms with Crippen molar-refractivity contribution in [1.82, 2.24) is 9.97 Å². The second-order valence-corrected chi connectivity index (χ2v) is 5.05. The molecule has 0 aliphatic heterocycles. The number of anilines is 2. The van der Waals surface area contributed by atoms with Crippen LogP contribution in [0.1, 0.15) is 26.3 Å². The highest BCUT2D eigenvalue weighted by Gasteiger charge is 2.14. The third-order valence-electron chi connectivity index (χ3n) is 2.54. The fraction of sp³-hybridized carbons (Fsp3) is 0.286. The number of nitrogens with one attached hydrogen (secondary N) is 1. The van der Waals surface area contributed by atoms with Crippen molar-refractivity contribution in [3.63, 3.8) is 0 Å². The van der Waals surface area contributed by atoms with Crippen LogP contribution < -0.4 is 5.32 Å². The van der Waals surface area contributed by atoms with Crippen LogP contribution in [-0.4, -0.2) is 9.97 Å². The molecule has 0 fully saturated rings. The van der Waals surface area contributed by atoms with E-state index in [-0.39, 0.29) is 5.41 Å². The topological polar surface area (TPSA) is 37.8 Å². The second-order valence-electron chi connectivity index (χ2n) is 5.05. The molecule has 0 aliphatic rings. The Balaban J connectivity index is 2.23. The first-order valence-electron chi connectivity index (χ1n) is 5.69. The van der Waals surface area contributed by atoms with Gasteiger partial charge in [0.1, 0.15) is 5.82 Å². The molecule has 2 aromatic rings. The Kier molecular flexibility index (Phi) is 3.09. The molecule has 1 N–H and O–H groups in total. The van der Waals surface area contributed by atoms with E-state index >= 15 is 0 Å². The van der Waals surface area contributed by atoms with Gasteiger partial charge in [0.05, 0.1) is 11.9 Å². The maximum Gasteiger partial charge on any atom is 0.130 e. The molecule has 88 valence electrons. The Bertz CT molecular complexity index is 486. The maximum atomic E-state index is 4.26. The van der Waals surface area contributed by atoms with E-state index in [9.17, 15) is 0 Å². The largest absolute Gasteiger partial charge is 0.339 e. The SMILES string of the molecule is CC(C)(C)c1cncc(Nc2ccccn2)c1. The molecular weight excluding hydrogens is 210 g/mol. The lowest BCUT2D eigenvalue weighted by molar-refractivity contribution is 0.588.